The molecule has 1 fully saturated rings. The quantitative estimate of drug-likeness (QED) is 0.911. The lowest BCUT2D eigenvalue weighted by atomic mass is 10.2. The average Bonchev–Trinajstić information content (AvgIpc) is 3.08. The molecule has 1 aliphatic rings. The van der Waals surface area contributed by atoms with Crippen molar-refractivity contribution in [2.75, 3.05) is 13.1 Å². The number of nitrogens with two attached hydrogens (primary N) is 1. The number of sulfonamides is 1. The predicted octanol–water partition coefficient (Wildman–Crippen LogP) is 2.26. The molecule has 2 N–H and O–H groups in total. The van der Waals surface area contributed by atoms with Crippen LogP contribution in [0.5, 0.6) is 0 Å². The van der Waals surface area contributed by atoms with Crippen molar-refractivity contribution in [1.82, 2.24) is 9.29 Å². The number of aromatic nitrogens is 1. The number of thiazole rings is 1. The smallest absolute Gasteiger partial charge is 0.243 e. The lowest BCUT2D eigenvalue weighted by Crippen LogP contribution is -2.31. The van der Waals surface area contributed by atoms with Crippen LogP contribution in [0.4, 0.5) is 0 Å². The third-order valence-corrected chi connectivity index (χ3v) is 6.40. The van der Waals surface area contributed by atoms with Crippen molar-refractivity contribution >= 4 is 33.8 Å². The summed E-state index contributed by atoms with van der Waals surface area (Å²) in [5.41, 5.74) is 7.58. The van der Waals surface area contributed by atoms with Crippen LogP contribution >= 0.6 is 23.7 Å². The number of nitrogens with zero attached hydrogens (tertiary/aromatic N) is 2. The Morgan fingerprint density at radius 2 is 2.18 bits per heavy atom. The summed E-state index contributed by atoms with van der Waals surface area (Å²) < 4.78 is 26.7. The summed E-state index contributed by atoms with van der Waals surface area (Å²) in [4.78, 5) is 4.71. The van der Waals surface area contributed by atoms with Gasteiger partial charge in [0.05, 0.1) is 4.90 Å². The highest BCUT2D eigenvalue weighted by molar-refractivity contribution is 7.89. The van der Waals surface area contributed by atoms with Crippen molar-refractivity contribution in [2.24, 2.45) is 5.73 Å². The van der Waals surface area contributed by atoms with Crippen molar-refractivity contribution in [3.63, 3.8) is 0 Å². The van der Waals surface area contributed by atoms with Crippen LogP contribution in [0, 0.1) is 6.92 Å². The third kappa shape index (κ3) is 3.33. The van der Waals surface area contributed by atoms with E-state index in [1.54, 1.807) is 18.2 Å². The molecule has 120 valence electrons. The Labute approximate surface area is 140 Å². The van der Waals surface area contributed by atoms with Gasteiger partial charge in [-0.2, -0.15) is 4.31 Å². The molecule has 0 radical (unpaired) electrons. The Hall–Kier alpha value is -0.990. The number of hydrogen-bond donors (Lipinski definition) is 1. The van der Waals surface area contributed by atoms with Gasteiger partial charge in [-0.25, -0.2) is 13.4 Å². The summed E-state index contributed by atoms with van der Waals surface area (Å²) in [7, 11) is -3.47. The number of aryl methyl sites for hydroxylation is 1. The fraction of sp³-hybridized carbons (Fsp3) is 0.357. The SMILES string of the molecule is Cc1csc(-c2cccc(S(=O)(=O)N3CC[C@@H](N)C3)c2)n1.Cl. The maximum absolute atomic E-state index is 12.6. The molecule has 0 amide bonds. The lowest BCUT2D eigenvalue weighted by molar-refractivity contribution is 0.472. The average molecular weight is 360 g/mol. The molecule has 0 bridgehead atoms. The molecule has 0 unspecified atom stereocenters. The maximum Gasteiger partial charge on any atom is 0.243 e. The summed E-state index contributed by atoms with van der Waals surface area (Å²) in [6.07, 6.45) is 0.713. The minimum atomic E-state index is -3.47. The number of halogens is 1. The zero-order chi connectivity index (χ0) is 15.0. The molecule has 1 saturated heterocycles. The minimum absolute atomic E-state index is 0. The highest BCUT2D eigenvalue weighted by Gasteiger charge is 2.31. The van der Waals surface area contributed by atoms with E-state index < -0.39 is 10.0 Å². The maximum atomic E-state index is 12.6. The van der Waals surface area contributed by atoms with E-state index in [0.29, 0.717) is 24.4 Å². The molecular weight excluding hydrogens is 342 g/mol. The molecule has 0 spiro atoms. The highest BCUT2D eigenvalue weighted by Crippen LogP contribution is 2.27. The molecule has 1 atom stereocenters. The standard InChI is InChI=1S/C14H17N3O2S2.ClH/c1-10-9-20-14(16-10)11-3-2-4-13(7-11)21(18,19)17-6-5-12(15)8-17;/h2-4,7,9,12H,5-6,8,15H2,1H3;1H/t12-;/m1./s1. The molecule has 0 saturated carbocycles. The number of rotatable bonds is 3. The van der Waals surface area contributed by atoms with E-state index in [1.807, 2.05) is 18.4 Å². The lowest BCUT2D eigenvalue weighted by Gasteiger charge is -2.16. The summed E-state index contributed by atoms with van der Waals surface area (Å²) >= 11 is 1.52. The van der Waals surface area contributed by atoms with Crippen molar-refractivity contribution in [2.45, 2.75) is 24.3 Å². The Balaban J connectivity index is 0.00000176. The normalized spacial score (nSPS) is 19.1. The largest absolute Gasteiger partial charge is 0.326 e. The fourth-order valence-electron chi connectivity index (χ4n) is 2.40. The molecule has 3 rings (SSSR count). The van der Waals surface area contributed by atoms with E-state index in [1.165, 1.54) is 15.6 Å². The van der Waals surface area contributed by atoms with Gasteiger partial charge in [-0.1, -0.05) is 12.1 Å². The molecule has 8 heteroatoms. The van der Waals surface area contributed by atoms with Crippen LogP contribution < -0.4 is 5.73 Å². The molecule has 22 heavy (non-hydrogen) atoms. The van der Waals surface area contributed by atoms with Gasteiger partial charge in [-0.05, 0) is 25.5 Å². The van der Waals surface area contributed by atoms with E-state index >= 15 is 0 Å². The van der Waals surface area contributed by atoms with Crippen LogP contribution in [0.25, 0.3) is 10.6 Å². The first kappa shape index (κ1) is 17.4. The molecule has 1 aromatic heterocycles. The van der Waals surface area contributed by atoms with Gasteiger partial charge < -0.3 is 5.73 Å². The first-order chi connectivity index (χ1) is 9.96. The molecule has 1 aliphatic heterocycles. The number of benzene rings is 1. The van der Waals surface area contributed by atoms with Gasteiger partial charge in [0.15, 0.2) is 0 Å². The number of hydrogen-bond acceptors (Lipinski definition) is 5. The molecule has 1 aromatic carbocycles. The topological polar surface area (TPSA) is 76.3 Å². The second-order valence-corrected chi connectivity index (χ2v) is 8.03. The predicted molar refractivity (Wildman–Crippen MR) is 90.9 cm³/mol. The summed E-state index contributed by atoms with van der Waals surface area (Å²) in [5, 5.41) is 2.79. The molecule has 5 nitrogen and oxygen atoms in total. The van der Waals surface area contributed by atoms with Crippen LogP contribution in [-0.4, -0.2) is 36.8 Å². The Kier molecular flexibility index (Phi) is 5.24. The molecule has 2 heterocycles. The second-order valence-electron chi connectivity index (χ2n) is 5.23. The van der Waals surface area contributed by atoms with Gasteiger partial charge in [0.25, 0.3) is 0 Å². The second kappa shape index (κ2) is 6.64. The Morgan fingerprint density at radius 3 is 2.77 bits per heavy atom. The Bertz CT molecular complexity index is 761. The third-order valence-electron chi connectivity index (χ3n) is 3.53. The van der Waals surface area contributed by atoms with Crippen LogP contribution in [-0.2, 0) is 10.0 Å². The van der Waals surface area contributed by atoms with Gasteiger partial charge in [0.2, 0.25) is 10.0 Å². The summed E-state index contributed by atoms with van der Waals surface area (Å²) in [6, 6.07) is 6.90. The van der Waals surface area contributed by atoms with Gasteiger partial charge in [0, 0.05) is 35.8 Å². The van der Waals surface area contributed by atoms with Crippen molar-refractivity contribution in [3.8, 4) is 10.6 Å². The summed E-state index contributed by atoms with van der Waals surface area (Å²) in [6.45, 7) is 2.80. The van der Waals surface area contributed by atoms with Gasteiger partial charge in [0.1, 0.15) is 5.01 Å². The van der Waals surface area contributed by atoms with Crippen LogP contribution in [0.2, 0.25) is 0 Å². The first-order valence-corrected chi connectivity index (χ1v) is 9.07. The molecular formula is C14H18ClN3O2S2. The van der Waals surface area contributed by atoms with Crippen LogP contribution in [0.15, 0.2) is 34.5 Å². The van der Waals surface area contributed by atoms with E-state index in [9.17, 15) is 8.42 Å². The highest BCUT2D eigenvalue weighted by atomic mass is 35.5. The molecule has 0 aliphatic carbocycles. The van der Waals surface area contributed by atoms with Gasteiger partial charge in [-0.15, -0.1) is 23.7 Å². The molecule has 2 aromatic rings. The van der Waals surface area contributed by atoms with Crippen molar-refractivity contribution in [3.05, 3.63) is 35.3 Å². The van der Waals surface area contributed by atoms with Crippen molar-refractivity contribution in [1.29, 1.82) is 0 Å². The minimum Gasteiger partial charge on any atom is -0.326 e. The van der Waals surface area contributed by atoms with Gasteiger partial charge in [-0.3, -0.25) is 0 Å². The zero-order valence-electron chi connectivity index (χ0n) is 12.1. The summed E-state index contributed by atoms with van der Waals surface area (Å²) in [5.74, 6) is 0. The Morgan fingerprint density at radius 1 is 1.41 bits per heavy atom. The van der Waals surface area contributed by atoms with Crippen molar-refractivity contribution < 1.29 is 8.42 Å². The monoisotopic (exact) mass is 359 g/mol. The van der Waals surface area contributed by atoms with Crippen LogP contribution in [0.3, 0.4) is 0 Å². The van der Waals surface area contributed by atoms with E-state index in [0.717, 1.165) is 16.3 Å². The van der Waals surface area contributed by atoms with Gasteiger partial charge >= 0.3 is 0 Å². The van der Waals surface area contributed by atoms with E-state index in [-0.39, 0.29) is 18.4 Å². The van der Waals surface area contributed by atoms with Crippen LogP contribution in [0.1, 0.15) is 12.1 Å². The van der Waals surface area contributed by atoms with E-state index in [4.69, 9.17) is 5.73 Å². The first-order valence-electron chi connectivity index (χ1n) is 6.75. The van der Waals surface area contributed by atoms with E-state index in [2.05, 4.69) is 4.98 Å². The zero-order valence-corrected chi connectivity index (χ0v) is 14.5. The fourth-order valence-corrected chi connectivity index (χ4v) is 4.75.